The Bertz CT molecular complexity index is 735. The number of hydrogen-bond donors (Lipinski definition) is 0. The molecule has 2 aromatic rings. The molecule has 0 amide bonds. The van der Waals surface area contributed by atoms with E-state index in [1.165, 1.54) is 0 Å². The molecule has 0 N–H and O–H groups in total. The number of rotatable bonds is 4. The van der Waals surface area contributed by atoms with E-state index in [0.717, 1.165) is 16.7 Å². The van der Waals surface area contributed by atoms with Crippen LogP contribution in [0.15, 0.2) is 66.2 Å². The fraction of sp³-hybridized carbons (Fsp3) is 0.167. The summed E-state index contributed by atoms with van der Waals surface area (Å²) in [6.07, 6.45) is 1.62. The fourth-order valence-corrected chi connectivity index (χ4v) is 3.82. The van der Waals surface area contributed by atoms with E-state index in [2.05, 4.69) is 0 Å². The molecule has 112 valence electrons. The van der Waals surface area contributed by atoms with E-state index in [1.54, 1.807) is 6.26 Å². The van der Waals surface area contributed by atoms with Crippen LogP contribution < -0.4 is 0 Å². The molecule has 0 fully saturated rings. The molecule has 0 aromatic heterocycles. The van der Waals surface area contributed by atoms with Crippen molar-refractivity contribution in [2.75, 3.05) is 12.9 Å². The normalized spacial score (nSPS) is 17.2. The highest BCUT2D eigenvalue weighted by atomic mass is 32.2. The van der Waals surface area contributed by atoms with Crippen LogP contribution in [-0.2, 0) is 20.3 Å². The van der Waals surface area contributed by atoms with Crippen molar-refractivity contribution in [2.24, 2.45) is 0 Å². The second kappa shape index (κ2) is 6.28. The van der Waals surface area contributed by atoms with E-state index in [0.29, 0.717) is 5.57 Å². The Balaban J connectivity index is 2.16. The van der Waals surface area contributed by atoms with Crippen LogP contribution in [0.25, 0.3) is 5.57 Å². The minimum atomic E-state index is -1.22. The minimum absolute atomic E-state index is 0.235. The summed E-state index contributed by atoms with van der Waals surface area (Å²) in [5.41, 5.74) is 3.15. The first-order valence-corrected chi connectivity index (χ1v) is 8.63. The van der Waals surface area contributed by atoms with Gasteiger partial charge in [0.2, 0.25) is 0 Å². The quantitative estimate of drug-likeness (QED) is 0.815. The second-order valence-electron chi connectivity index (χ2n) is 5.12. The third-order valence-corrected chi connectivity index (χ3v) is 4.88. The van der Waals surface area contributed by atoms with Crippen molar-refractivity contribution in [1.29, 1.82) is 0 Å². The van der Waals surface area contributed by atoms with Crippen LogP contribution >= 0.6 is 0 Å². The van der Waals surface area contributed by atoms with Gasteiger partial charge in [-0.3, -0.25) is 4.21 Å². The molecule has 3 rings (SSSR count). The van der Waals surface area contributed by atoms with Gasteiger partial charge in [0, 0.05) is 22.6 Å². The number of esters is 1. The Labute approximate surface area is 132 Å². The standard InChI is InChI=1S/C18H16O3S/c1-22(20)17(14-10-6-3-7-11-14)16-15(12-21-18(16)19)13-8-4-2-5-9-13/h2-11,17H,12H2,1H3. The maximum Gasteiger partial charge on any atom is 0.336 e. The molecule has 4 heteroatoms. The molecule has 2 atom stereocenters. The van der Waals surface area contributed by atoms with Crippen LogP contribution in [-0.4, -0.2) is 23.0 Å². The zero-order chi connectivity index (χ0) is 15.5. The molecule has 0 saturated heterocycles. The molecule has 2 unspecified atom stereocenters. The maximum atomic E-state index is 12.3. The Kier molecular flexibility index (Phi) is 4.20. The van der Waals surface area contributed by atoms with E-state index < -0.39 is 16.0 Å². The largest absolute Gasteiger partial charge is 0.457 e. The van der Waals surface area contributed by atoms with E-state index in [9.17, 15) is 9.00 Å². The summed E-state index contributed by atoms with van der Waals surface area (Å²) >= 11 is 0. The number of cyclic esters (lactones) is 1. The summed E-state index contributed by atoms with van der Waals surface area (Å²) in [7, 11) is -1.22. The van der Waals surface area contributed by atoms with Crippen molar-refractivity contribution in [3.05, 3.63) is 77.4 Å². The zero-order valence-electron chi connectivity index (χ0n) is 12.2. The lowest BCUT2D eigenvalue weighted by atomic mass is 9.96. The Morgan fingerprint density at radius 2 is 1.59 bits per heavy atom. The third kappa shape index (κ3) is 2.74. The average Bonchev–Trinajstić information content (AvgIpc) is 2.91. The highest BCUT2D eigenvalue weighted by molar-refractivity contribution is 7.84. The maximum absolute atomic E-state index is 12.3. The van der Waals surface area contributed by atoms with E-state index in [4.69, 9.17) is 4.74 Å². The summed E-state index contributed by atoms with van der Waals surface area (Å²) < 4.78 is 17.6. The molecule has 0 bridgehead atoms. The van der Waals surface area contributed by atoms with Gasteiger partial charge in [0.15, 0.2) is 0 Å². The molecular formula is C18H16O3S. The Morgan fingerprint density at radius 1 is 1.00 bits per heavy atom. The van der Waals surface area contributed by atoms with Gasteiger partial charge in [0.1, 0.15) is 6.61 Å². The lowest BCUT2D eigenvalue weighted by Crippen LogP contribution is -2.14. The van der Waals surface area contributed by atoms with Crippen molar-refractivity contribution in [3.63, 3.8) is 0 Å². The number of carbonyl (C=O) groups excluding carboxylic acids is 1. The van der Waals surface area contributed by atoms with Crippen molar-refractivity contribution >= 4 is 22.3 Å². The van der Waals surface area contributed by atoms with Crippen LogP contribution in [0.2, 0.25) is 0 Å². The number of hydrogen-bond acceptors (Lipinski definition) is 3. The first-order valence-electron chi connectivity index (χ1n) is 7.01. The molecule has 1 aliphatic heterocycles. The third-order valence-electron chi connectivity index (χ3n) is 3.71. The molecule has 1 heterocycles. The average molecular weight is 312 g/mol. The predicted molar refractivity (Wildman–Crippen MR) is 87.6 cm³/mol. The van der Waals surface area contributed by atoms with Crippen LogP contribution in [0.3, 0.4) is 0 Å². The van der Waals surface area contributed by atoms with Crippen LogP contribution in [0.5, 0.6) is 0 Å². The summed E-state index contributed by atoms with van der Waals surface area (Å²) in [6.45, 7) is 0.235. The van der Waals surface area contributed by atoms with Crippen molar-refractivity contribution in [1.82, 2.24) is 0 Å². The van der Waals surface area contributed by atoms with Crippen LogP contribution in [0.1, 0.15) is 16.4 Å². The summed E-state index contributed by atoms with van der Waals surface area (Å²) in [4.78, 5) is 12.3. The van der Waals surface area contributed by atoms with Gasteiger partial charge in [-0.15, -0.1) is 0 Å². The predicted octanol–water partition coefficient (Wildman–Crippen LogP) is 3.12. The number of ether oxygens (including phenoxy) is 1. The van der Waals surface area contributed by atoms with Gasteiger partial charge in [0.05, 0.1) is 10.8 Å². The van der Waals surface area contributed by atoms with E-state index >= 15 is 0 Å². The first kappa shape index (κ1) is 14.7. The zero-order valence-corrected chi connectivity index (χ0v) is 13.0. The van der Waals surface area contributed by atoms with Crippen LogP contribution in [0, 0.1) is 0 Å². The molecule has 0 radical (unpaired) electrons. The monoisotopic (exact) mass is 312 g/mol. The van der Waals surface area contributed by atoms with Gasteiger partial charge in [0.25, 0.3) is 0 Å². The van der Waals surface area contributed by atoms with Gasteiger partial charge >= 0.3 is 5.97 Å². The van der Waals surface area contributed by atoms with Gasteiger partial charge < -0.3 is 4.74 Å². The molecule has 2 aromatic carbocycles. The first-order chi connectivity index (χ1) is 10.7. The van der Waals surface area contributed by atoms with E-state index in [-0.39, 0.29) is 12.6 Å². The van der Waals surface area contributed by atoms with Crippen molar-refractivity contribution < 1.29 is 13.7 Å². The molecular weight excluding hydrogens is 296 g/mol. The molecule has 0 saturated carbocycles. The molecule has 3 nitrogen and oxygen atoms in total. The van der Waals surface area contributed by atoms with Crippen molar-refractivity contribution in [2.45, 2.75) is 5.25 Å². The number of benzene rings is 2. The Morgan fingerprint density at radius 3 is 2.18 bits per heavy atom. The van der Waals surface area contributed by atoms with Gasteiger partial charge in [-0.05, 0) is 11.1 Å². The summed E-state index contributed by atoms with van der Waals surface area (Å²) in [5.74, 6) is -0.372. The summed E-state index contributed by atoms with van der Waals surface area (Å²) in [6, 6.07) is 19.1. The van der Waals surface area contributed by atoms with Gasteiger partial charge in [-0.2, -0.15) is 0 Å². The molecule has 0 aliphatic carbocycles. The lowest BCUT2D eigenvalue weighted by molar-refractivity contribution is -0.136. The molecule has 1 aliphatic rings. The van der Waals surface area contributed by atoms with Crippen LogP contribution in [0.4, 0.5) is 0 Å². The molecule has 0 spiro atoms. The second-order valence-corrected chi connectivity index (χ2v) is 6.59. The smallest absolute Gasteiger partial charge is 0.336 e. The van der Waals surface area contributed by atoms with E-state index in [1.807, 2.05) is 60.7 Å². The van der Waals surface area contributed by atoms with Gasteiger partial charge in [-0.1, -0.05) is 60.7 Å². The highest BCUT2D eigenvalue weighted by Gasteiger charge is 2.35. The Hall–Kier alpha value is -2.20. The minimum Gasteiger partial charge on any atom is -0.457 e. The SMILES string of the molecule is CS(=O)C(C1=C(c2ccccc2)COC1=O)c1ccccc1. The number of carbonyl (C=O) groups is 1. The summed E-state index contributed by atoms with van der Waals surface area (Å²) in [5, 5.41) is -0.466. The highest BCUT2D eigenvalue weighted by Crippen LogP contribution is 2.37. The lowest BCUT2D eigenvalue weighted by Gasteiger charge is -2.16. The topological polar surface area (TPSA) is 43.4 Å². The van der Waals surface area contributed by atoms with Gasteiger partial charge in [-0.25, -0.2) is 4.79 Å². The molecule has 22 heavy (non-hydrogen) atoms. The van der Waals surface area contributed by atoms with Crippen molar-refractivity contribution in [3.8, 4) is 0 Å². The fourth-order valence-electron chi connectivity index (χ4n) is 2.71.